The van der Waals surface area contributed by atoms with Gasteiger partial charge in [-0.2, -0.15) is 0 Å². The number of aliphatic hydroxyl groups excluding tert-OH is 1. The van der Waals surface area contributed by atoms with Crippen molar-refractivity contribution < 1.29 is 5.11 Å². The number of benzene rings is 1. The van der Waals surface area contributed by atoms with E-state index in [1.165, 1.54) is 4.88 Å². The highest BCUT2D eigenvalue weighted by molar-refractivity contribution is 9.10. The van der Waals surface area contributed by atoms with Crippen LogP contribution in [0.2, 0.25) is 5.02 Å². The van der Waals surface area contributed by atoms with E-state index in [1.807, 2.05) is 36.6 Å². The first-order valence-electron chi connectivity index (χ1n) is 5.23. The molecule has 1 heterocycles. The van der Waals surface area contributed by atoms with Crippen molar-refractivity contribution in [2.75, 3.05) is 0 Å². The topological polar surface area (TPSA) is 20.2 Å². The second-order valence-corrected chi connectivity index (χ2v) is 6.30. The Balaban J connectivity index is 2.17. The average molecular weight is 332 g/mol. The molecule has 2 aromatic rings. The molecule has 1 N–H and O–H groups in total. The van der Waals surface area contributed by atoms with Crippen molar-refractivity contribution in [3.63, 3.8) is 0 Å². The van der Waals surface area contributed by atoms with Crippen molar-refractivity contribution in [2.24, 2.45) is 0 Å². The quantitative estimate of drug-likeness (QED) is 0.860. The van der Waals surface area contributed by atoms with E-state index in [0.29, 0.717) is 11.4 Å². The standard InChI is InChI=1S/C13H12BrClOS/c1-8-4-10(15)2-3-12(8)13(16)6-11-5-9(14)7-17-11/h2-5,7,13,16H,6H2,1H3. The van der Waals surface area contributed by atoms with E-state index in [1.54, 1.807) is 11.3 Å². The summed E-state index contributed by atoms with van der Waals surface area (Å²) in [7, 11) is 0. The van der Waals surface area contributed by atoms with Gasteiger partial charge in [-0.05, 0) is 52.2 Å². The van der Waals surface area contributed by atoms with Crippen LogP contribution < -0.4 is 0 Å². The zero-order valence-electron chi connectivity index (χ0n) is 9.28. The van der Waals surface area contributed by atoms with Gasteiger partial charge in [0, 0.05) is 26.2 Å². The monoisotopic (exact) mass is 330 g/mol. The Kier molecular flexibility index (Phi) is 4.26. The van der Waals surface area contributed by atoms with E-state index in [4.69, 9.17) is 11.6 Å². The van der Waals surface area contributed by atoms with E-state index in [0.717, 1.165) is 15.6 Å². The summed E-state index contributed by atoms with van der Waals surface area (Å²) in [5.74, 6) is 0. The van der Waals surface area contributed by atoms with E-state index in [2.05, 4.69) is 15.9 Å². The summed E-state index contributed by atoms with van der Waals surface area (Å²) in [4.78, 5) is 1.17. The predicted molar refractivity (Wildman–Crippen MR) is 76.9 cm³/mol. The Morgan fingerprint density at radius 1 is 1.41 bits per heavy atom. The smallest absolute Gasteiger partial charge is 0.0840 e. The van der Waals surface area contributed by atoms with Gasteiger partial charge in [-0.15, -0.1) is 11.3 Å². The van der Waals surface area contributed by atoms with Crippen LogP contribution >= 0.6 is 38.9 Å². The van der Waals surface area contributed by atoms with Crippen LogP contribution in [0, 0.1) is 6.92 Å². The number of aliphatic hydroxyl groups is 1. The molecule has 1 aromatic heterocycles. The maximum Gasteiger partial charge on any atom is 0.0840 e. The molecule has 0 amide bonds. The highest BCUT2D eigenvalue weighted by Gasteiger charge is 2.12. The van der Waals surface area contributed by atoms with Crippen LogP contribution in [-0.4, -0.2) is 5.11 Å². The Labute approximate surface area is 118 Å². The Hall–Kier alpha value is -0.350. The molecule has 4 heteroatoms. The summed E-state index contributed by atoms with van der Waals surface area (Å²) in [5.41, 5.74) is 1.97. The molecule has 0 radical (unpaired) electrons. The molecule has 0 aliphatic carbocycles. The molecule has 0 bridgehead atoms. The largest absolute Gasteiger partial charge is 0.388 e. The first-order valence-corrected chi connectivity index (χ1v) is 7.28. The van der Waals surface area contributed by atoms with E-state index < -0.39 is 6.10 Å². The van der Waals surface area contributed by atoms with Crippen molar-refractivity contribution in [3.05, 3.63) is 55.1 Å². The zero-order valence-corrected chi connectivity index (χ0v) is 12.4. The molecule has 0 saturated heterocycles. The van der Waals surface area contributed by atoms with E-state index in [9.17, 15) is 5.11 Å². The Morgan fingerprint density at radius 3 is 2.76 bits per heavy atom. The summed E-state index contributed by atoms with van der Waals surface area (Å²) in [5, 5.41) is 12.9. The summed E-state index contributed by atoms with van der Waals surface area (Å²) in [6.07, 6.45) is 0.163. The fourth-order valence-corrected chi connectivity index (χ4v) is 3.49. The first-order chi connectivity index (χ1) is 8.06. The van der Waals surface area contributed by atoms with Crippen molar-refractivity contribution >= 4 is 38.9 Å². The first kappa shape index (κ1) is 13.1. The van der Waals surface area contributed by atoms with Crippen LogP contribution in [0.4, 0.5) is 0 Å². The maximum absolute atomic E-state index is 10.2. The summed E-state index contributed by atoms with van der Waals surface area (Å²) in [6, 6.07) is 7.63. The van der Waals surface area contributed by atoms with Gasteiger partial charge in [0.25, 0.3) is 0 Å². The van der Waals surface area contributed by atoms with Gasteiger partial charge in [0.1, 0.15) is 0 Å². The van der Waals surface area contributed by atoms with Gasteiger partial charge in [-0.25, -0.2) is 0 Å². The lowest BCUT2D eigenvalue weighted by Gasteiger charge is -2.13. The van der Waals surface area contributed by atoms with Crippen LogP contribution in [0.1, 0.15) is 22.1 Å². The maximum atomic E-state index is 10.2. The van der Waals surface area contributed by atoms with Gasteiger partial charge in [-0.3, -0.25) is 0 Å². The van der Waals surface area contributed by atoms with Crippen molar-refractivity contribution in [1.82, 2.24) is 0 Å². The Bertz CT molecular complexity index is 524. The van der Waals surface area contributed by atoms with Gasteiger partial charge in [-0.1, -0.05) is 17.7 Å². The van der Waals surface area contributed by atoms with Crippen molar-refractivity contribution in [2.45, 2.75) is 19.4 Å². The minimum atomic E-state index is -0.474. The lowest BCUT2D eigenvalue weighted by atomic mass is 10.0. The average Bonchev–Trinajstić information content (AvgIpc) is 2.63. The molecule has 17 heavy (non-hydrogen) atoms. The third kappa shape index (κ3) is 3.32. The molecule has 2 rings (SSSR count). The molecule has 1 atom stereocenters. The fourth-order valence-electron chi connectivity index (χ4n) is 1.77. The Morgan fingerprint density at radius 2 is 2.18 bits per heavy atom. The highest BCUT2D eigenvalue weighted by atomic mass is 79.9. The highest BCUT2D eigenvalue weighted by Crippen LogP contribution is 2.28. The summed E-state index contributed by atoms with van der Waals surface area (Å²) in [6.45, 7) is 1.97. The van der Waals surface area contributed by atoms with E-state index >= 15 is 0 Å². The van der Waals surface area contributed by atoms with Crippen molar-refractivity contribution in [3.8, 4) is 0 Å². The molecule has 90 valence electrons. The number of thiophene rings is 1. The number of hydrogen-bond acceptors (Lipinski definition) is 2. The van der Waals surface area contributed by atoms with Gasteiger partial charge in [0.2, 0.25) is 0 Å². The van der Waals surface area contributed by atoms with Crippen LogP contribution in [0.25, 0.3) is 0 Å². The van der Waals surface area contributed by atoms with Crippen LogP contribution in [0.15, 0.2) is 34.1 Å². The van der Waals surface area contributed by atoms with Crippen LogP contribution in [0.3, 0.4) is 0 Å². The minimum absolute atomic E-state index is 0.474. The molecule has 0 aliphatic heterocycles. The van der Waals surface area contributed by atoms with Gasteiger partial charge >= 0.3 is 0 Å². The molecular weight excluding hydrogens is 320 g/mol. The molecule has 1 aromatic carbocycles. The fraction of sp³-hybridized carbons (Fsp3) is 0.231. The summed E-state index contributed by atoms with van der Waals surface area (Å²) >= 11 is 11.0. The zero-order chi connectivity index (χ0) is 12.4. The van der Waals surface area contributed by atoms with Gasteiger partial charge in [0.05, 0.1) is 6.10 Å². The molecular formula is C13H12BrClOS. The molecule has 0 fully saturated rings. The molecule has 0 saturated carbocycles. The normalized spacial score (nSPS) is 12.7. The molecule has 1 unspecified atom stereocenters. The lowest BCUT2D eigenvalue weighted by Crippen LogP contribution is -2.02. The second kappa shape index (κ2) is 5.53. The van der Waals surface area contributed by atoms with Crippen LogP contribution in [0.5, 0.6) is 0 Å². The third-order valence-electron chi connectivity index (χ3n) is 2.61. The van der Waals surface area contributed by atoms with Crippen LogP contribution in [-0.2, 0) is 6.42 Å². The predicted octanol–water partition coefficient (Wildman–Crippen LogP) is 4.75. The van der Waals surface area contributed by atoms with Gasteiger partial charge < -0.3 is 5.11 Å². The number of halogens is 2. The third-order valence-corrected chi connectivity index (χ3v) is 4.56. The number of hydrogen-bond donors (Lipinski definition) is 1. The number of rotatable bonds is 3. The number of aryl methyl sites for hydroxylation is 1. The SMILES string of the molecule is Cc1cc(Cl)ccc1C(O)Cc1cc(Br)cs1. The second-order valence-electron chi connectivity index (χ2n) is 3.95. The molecule has 0 aliphatic rings. The van der Waals surface area contributed by atoms with E-state index in [-0.39, 0.29) is 0 Å². The minimum Gasteiger partial charge on any atom is -0.388 e. The van der Waals surface area contributed by atoms with Crippen molar-refractivity contribution in [1.29, 1.82) is 0 Å². The molecule has 0 spiro atoms. The summed E-state index contributed by atoms with van der Waals surface area (Å²) < 4.78 is 1.07. The lowest BCUT2D eigenvalue weighted by molar-refractivity contribution is 0.178. The van der Waals surface area contributed by atoms with Gasteiger partial charge in [0.15, 0.2) is 0 Å². The molecule has 1 nitrogen and oxygen atoms in total.